The molecule has 0 radical (unpaired) electrons. The lowest BCUT2D eigenvalue weighted by Crippen LogP contribution is -2.45. The molecule has 1 fully saturated rings. The summed E-state index contributed by atoms with van der Waals surface area (Å²) < 4.78 is 22.7. The van der Waals surface area contributed by atoms with Gasteiger partial charge in [-0.3, -0.25) is 4.90 Å². The molecule has 1 aliphatic rings. The minimum Gasteiger partial charge on any atom is -0.334 e. The van der Waals surface area contributed by atoms with Gasteiger partial charge in [-0.2, -0.15) is 0 Å². The molecule has 1 aromatic rings. The zero-order valence-corrected chi connectivity index (χ0v) is 11.7. The Labute approximate surface area is 113 Å². The maximum atomic E-state index is 12.2. The summed E-state index contributed by atoms with van der Waals surface area (Å²) in [5, 5.41) is 2.79. The van der Waals surface area contributed by atoms with Gasteiger partial charge in [0.2, 0.25) is 0 Å². The Hall–Kier alpha value is -1.56. The Bertz CT molecular complexity index is 542. The van der Waals surface area contributed by atoms with E-state index in [9.17, 15) is 13.2 Å². The molecule has 5 nitrogen and oxygen atoms in total. The van der Waals surface area contributed by atoms with E-state index in [4.69, 9.17) is 0 Å². The molecule has 1 atom stereocenters. The third kappa shape index (κ3) is 3.47. The van der Waals surface area contributed by atoms with Gasteiger partial charge in [-0.15, -0.1) is 0 Å². The smallest absolute Gasteiger partial charge is 0.322 e. The average molecular weight is 282 g/mol. The van der Waals surface area contributed by atoms with Gasteiger partial charge in [0, 0.05) is 18.3 Å². The molecule has 104 valence electrons. The number of rotatable bonds is 3. The molecule has 1 N–H and O–H groups in total. The van der Waals surface area contributed by atoms with E-state index in [2.05, 4.69) is 5.32 Å². The molecule has 0 spiro atoms. The summed E-state index contributed by atoms with van der Waals surface area (Å²) in [6, 6.07) is 8.82. The summed E-state index contributed by atoms with van der Waals surface area (Å²) in [5.41, 5.74) is 0.809. The number of carbonyl (C=O) groups is 1. The van der Waals surface area contributed by atoms with Crippen molar-refractivity contribution in [1.29, 1.82) is 0 Å². The van der Waals surface area contributed by atoms with Crippen molar-refractivity contribution in [3.05, 3.63) is 30.3 Å². The van der Waals surface area contributed by atoms with E-state index in [1.54, 1.807) is 4.90 Å². The lowest BCUT2D eigenvalue weighted by atomic mass is 10.2. The van der Waals surface area contributed by atoms with E-state index < -0.39 is 9.84 Å². The van der Waals surface area contributed by atoms with Crippen LogP contribution >= 0.6 is 0 Å². The largest absolute Gasteiger partial charge is 0.334 e. The molecule has 1 saturated heterocycles. The second kappa shape index (κ2) is 5.61. The molecule has 19 heavy (non-hydrogen) atoms. The number of amides is 2. The van der Waals surface area contributed by atoms with Crippen LogP contribution in [0.15, 0.2) is 30.3 Å². The topological polar surface area (TPSA) is 66.5 Å². The fraction of sp³-hybridized carbons (Fsp3) is 0.462. The second-order valence-electron chi connectivity index (χ2n) is 4.63. The number of benzene rings is 1. The van der Waals surface area contributed by atoms with E-state index in [0.717, 1.165) is 5.69 Å². The van der Waals surface area contributed by atoms with Gasteiger partial charge in [0.25, 0.3) is 0 Å². The van der Waals surface area contributed by atoms with Crippen molar-refractivity contribution in [3.8, 4) is 0 Å². The molecule has 1 heterocycles. The lowest BCUT2D eigenvalue weighted by molar-refractivity contribution is 0.244. The number of anilines is 1. The van der Waals surface area contributed by atoms with Crippen molar-refractivity contribution in [2.24, 2.45) is 0 Å². The second-order valence-corrected chi connectivity index (χ2v) is 6.86. The van der Waals surface area contributed by atoms with Crippen molar-refractivity contribution < 1.29 is 13.2 Å². The molecule has 1 unspecified atom stereocenters. The molecular formula is C13H18N2O3S. The molecule has 0 aromatic heterocycles. The Morgan fingerprint density at radius 3 is 2.58 bits per heavy atom. The quantitative estimate of drug-likeness (QED) is 0.911. The predicted molar refractivity (Wildman–Crippen MR) is 75.1 cm³/mol. The first-order valence-electron chi connectivity index (χ1n) is 6.35. The number of urea groups is 1. The Balaban J connectivity index is 2.02. The number of sulfone groups is 1. The summed E-state index contributed by atoms with van der Waals surface area (Å²) in [5.74, 6) is 0.209. The van der Waals surface area contributed by atoms with Crippen LogP contribution in [0.5, 0.6) is 0 Å². The van der Waals surface area contributed by atoms with Gasteiger partial charge >= 0.3 is 6.03 Å². The van der Waals surface area contributed by atoms with Crippen LogP contribution in [0.2, 0.25) is 0 Å². The van der Waals surface area contributed by atoms with Gasteiger partial charge in [0.05, 0.1) is 11.5 Å². The minimum absolute atomic E-state index is 0.0467. The fourth-order valence-electron chi connectivity index (χ4n) is 2.21. The van der Waals surface area contributed by atoms with Crippen molar-refractivity contribution in [1.82, 2.24) is 5.32 Å². The summed E-state index contributed by atoms with van der Waals surface area (Å²) in [4.78, 5) is 13.8. The number of para-hydroxylation sites is 1. The number of nitrogens with one attached hydrogen (secondary N) is 1. The molecule has 2 amide bonds. The van der Waals surface area contributed by atoms with Gasteiger partial charge in [-0.05, 0) is 25.5 Å². The molecule has 0 aliphatic carbocycles. The normalized spacial score (nSPS) is 21.0. The van der Waals surface area contributed by atoms with Crippen molar-refractivity contribution >= 4 is 21.6 Å². The maximum absolute atomic E-state index is 12.2. The van der Waals surface area contributed by atoms with Crippen LogP contribution in [-0.2, 0) is 9.84 Å². The molecule has 1 aromatic carbocycles. The lowest BCUT2D eigenvalue weighted by Gasteiger charge is -2.23. The van der Waals surface area contributed by atoms with Crippen LogP contribution in [0, 0.1) is 0 Å². The van der Waals surface area contributed by atoms with E-state index in [1.807, 2.05) is 37.3 Å². The first-order valence-corrected chi connectivity index (χ1v) is 8.17. The fourth-order valence-corrected chi connectivity index (χ4v) is 3.89. The van der Waals surface area contributed by atoms with Crippen LogP contribution in [0.4, 0.5) is 10.5 Å². The first kappa shape index (κ1) is 13.9. The van der Waals surface area contributed by atoms with Crippen LogP contribution in [0.3, 0.4) is 0 Å². The highest BCUT2D eigenvalue weighted by Crippen LogP contribution is 2.15. The van der Waals surface area contributed by atoms with Crippen molar-refractivity contribution in [3.63, 3.8) is 0 Å². The minimum atomic E-state index is -2.97. The van der Waals surface area contributed by atoms with E-state index >= 15 is 0 Å². The van der Waals surface area contributed by atoms with Crippen molar-refractivity contribution in [2.45, 2.75) is 19.4 Å². The predicted octanol–water partition coefficient (Wildman–Crippen LogP) is 1.41. The molecule has 1 aliphatic heterocycles. The van der Waals surface area contributed by atoms with Crippen LogP contribution in [-0.4, -0.2) is 38.5 Å². The molecular weight excluding hydrogens is 264 g/mol. The van der Waals surface area contributed by atoms with Crippen LogP contribution in [0.25, 0.3) is 0 Å². The van der Waals surface area contributed by atoms with Gasteiger partial charge in [-0.1, -0.05) is 18.2 Å². The summed E-state index contributed by atoms with van der Waals surface area (Å²) >= 11 is 0. The molecule has 0 saturated carbocycles. The van der Waals surface area contributed by atoms with Crippen molar-refractivity contribution in [2.75, 3.05) is 23.0 Å². The highest BCUT2D eigenvalue weighted by Gasteiger charge is 2.30. The molecule has 2 rings (SSSR count). The zero-order chi connectivity index (χ0) is 13.9. The number of carbonyl (C=O) groups excluding carboxylic acids is 1. The van der Waals surface area contributed by atoms with Gasteiger partial charge in [-0.25, -0.2) is 13.2 Å². The number of hydrogen-bond acceptors (Lipinski definition) is 3. The van der Waals surface area contributed by atoms with Gasteiger partial charge in [0.1, 0.15) is 0 Å². The average Bonchev–Trinajstić information content (AvgIpc) is 2.71. The standard InChI is InChI=1S/C13H18N2O3S/c1-2-15(12-6-4-3-5-7-12)13(16)14-11-8-9-19(17,18)10-11/h3-7,11H,2,8-10H2,1H3,(H,14,16). The first-order chi connectivity index (χ1) is 9.02. The summed E-state index contributed by atoms with van der Waals surface area (Å²) in [6.45, 7) is 2.42. The Kier molecular flexibility index (Phi) is 4.09. The van der Waals surface area contributed by atoms with E-state index in [0.29, 0.717) is 13.0 Å². The molecule has 0 bridgehead atoms. The van der Waals surface area contributed by atoms with Gasteiger partial charge < -0.3 is 5.32 Å². The SMILES string of the molecule is CCN(C(=O)NC1CCS(=O)(=O)C1)c1ccccc1. The maximum Gasteiger partial charge on any atom is 0.322 e. The number of hydrogen-bond donors (Lipinski definition) is 1. The van der Waals surface area contributed by atoms with E-state index in [1.165, 1.54) is 0 Å². The summed E-state index contributed by atoms with van der Waals surface area (Å²) in [7, 11) is -2.97. The van der Waals surface area contributed by atoms with Gasteiger partial charge in [0.15, 0.2) is 9.84 Å². The third-order valence-corrected chi connectivity index (χ3v) is 4.96. The van der Waals surface area contributed by atoms with Crippen LogP contribution in [0.1, 0.15) is 13.3 Å². The Morgan fingerprint density at radius 1 is 1.37 bits per heavy atom. The number of nitrogens with zero attached hydrogens (tertiary/aromatic N) is 1. The van der Waals surface area contributed by atoms with E-state index in [-0.39, 0.29) is 23.6 Å². The Morgan fingerprint density at radius 2 is 2.05 bits per heavy atom. The third-order valence-electron chi connectivity index (χ3n) is 3.19. The molecule has 6 heteroatoms. The highest BCUT2D eigenvalue weighted by molar-refractivity contribution is 7.91. The highest BCUT2D eigenvalue weighted by atomic mass is 32.2. The monoisotopic (exact) mass is 282 g/mol. The zero-order valence-electron chi connectivity index (χ0n) is 10.9. The van der Waals surface area contributed by atoms with Crippen LogP contribution < -0.4 is 10.2 Å². The summed E-state index contributed by atoms with van der Waals surface area (Å²) in [6.07, 6.45) is 0.500.